The first-order valence-corrected chi connectivity index (χ1v) is 4.85. The monoisotopic (exact) mass is 228 g/mol. The highest BCUT2D eigenvalue weighted by molar-refractivity contribution is 5.82. The average molecular weight is 228 g/mol. The molecule has 0 heterocycles. The Morgan fingerprint density at radius 2 is 2.19 bits per heavy atom. The molecule has 5 heteroatoms. The third kappa shape index (κ3) is 3.94. The fourth-order valence-electron chi connectivity index (χ4n) is 1.20. The molecule has 0 aliphatic rings. The molecule has 0 aliphatic heterocycles. The van der Waals surface area contributed by atoms with Crippen LogP contribution >= 0.6 is 0 Å². The number of hydrogen-bond donors (Lipinski definition) is 1. The number of amidine groups is 1. The van der Waals surface area contributed by atoms with Gasteiger partial charge in [0.15, 0.2) is 0 Å². The molecule has 16 heavy (non-hydrogen) atoms. The van der Waals surface area contributed by atoms with Crippen LogP contribution in [-0.2, 0) is 11.2 Å². The van der Waals surface area contributed by atoms with Gasteiger partial charge in [-0.3, -0.25) is 4.99 Å². The van der Waals surface area contributed by atoms with Gasteiger partial charge in [-0.25, -0.2) is 8.78 Å². The summed E-state index contributed by atoms with van der Waals surface area (Å²) < 4.78 is 30.6. The molecular weight excluding hydrogens is 214 g/mol. The number of halogens is 2. The van der Waals surface area contributed by atoms with Crippen LogP contribution in [0, 0.1) is 11.6 Å². The Morgan fingerprint density at radius 1 is 1.44 bits per heavy atom. The van der Waals surface area contributed by atoms with Gasteiger partial charge in [-0.05, 0) is 11.6 Å². The summed E-state index contributed by atoms with van der Waals surface area (Å²) in [5.41, 5.74) is 5.92. The molecule has 0 bridgehead atoms. The van der Waals surface area contributed by atoms with Crippen LogP contribution in [0.1, 0.15) is 5.56 Å². The summed E-state index contributed by atoms with van der Waals surface area (Å²) in [5, 5.41) is 0. The highest BCUT2D eigenvalue weighted by Crippen LogP contribution is 2.09. The quantitative estimate of drug-likeness (QED) is 0.472. The van der Waals surface area contributed by atoms with E-state index in [0.717, 1.165) is 6.07 Å². The van der Waals surface area contributed by atoms with Crippen LogP contribution in [-0.4, -0.2) is 26.1 Å². The van der Waals surface area contributed by atoms with Gasteiger partial charge >= 0.3 is 0 Å². The van der Waals surface area contributed by atoms with E-state index in [4.69, 9.17) is 10.5 Å². The van der Waals surface area contributed by atoms with Crippen molar-refractivity contribution in [2.75, 3.05) is 20.3 Å². The van der Waals surface area contributed by atoms with Crippen molar-refractivity contribution in [2.24, 2.45) is 10.7 Å². The molecular formula is C11H14F2N2O. The number of methoxy groups -OCH3 is 1. The lowest BCUT2D eigenvalue weighted by Crippen LogP contribution is -2.17. The van der Waals surface area contributed by atoms with Crippen LogP contribution in [0.5, 0.6) is 0 Å². The maximum absolute atomic E-state index is 13.2. The lowest BCUT2D eigenvalue weighted by Gasteiger charge is -2.03. The molecule has 1 aromatic carbocycles. The average Bonchev–Trinajstić information content (AvgIpc) is 2.23. The minimum atomic E-state index is -0.607. The molecule has 0 radical (unpaired) electrons. The molecule has 0 aromatic heterocycles. The zero-order chi connectivity index (χ0) is 12.0. The molecule has 88 valence electrons. The predicted molar refractivity (Wildman–Crippen MR) is 58.4 cm³/mol. The van der Waals surface area contributed by atoms with E-state index < -0.39 is 11.6 Å². The van der Waals surface area contributed by atoms with Gasteiger partial charge in [-0.1, -0.05) is 6.07 Å². The topological polar surface area (TPSA) is 47.6 Å². The van der Waals surface area contributed by atoms with E-state index >= 15 is 0 Å². The second kappa shape index (κ2) is 6.17. The minimum Gasteiger partial charge on any atom is -0.387 e. The predicted octanol–water partition coefficient (Wildman–Crippen LogP) is 1.51. The van der Waals surface area contributed by atoms with E-state index in [0.29, 0.717) is 24.6 Å². The summed E-state index contributed by atoms with van der Waals surface area (Å²) in [4.78, 5) is 3.98. The van der Waals surface area contributed by atoms with Crippen molar-refractivity contribution in [3.8, 4) is 0 Å². The normalized spacial score (nSPS) is 11.8. The molecule has 2 N–H and O–H groups in total. The Bertz CT molecular complexity index is 380. The first-order chi connectivity index (χ1) is 7.63. The molecule has 0 fully saturated rings. The summed E-state index contributed by atoms with van der Waals surface area (Å²) in [5.74, 6) is -0.899. The Balaban J connectivity index is 2.62. The van der Waals surface area contributed by atoms with Gasteiger partial charge in [0.2, 0.25) is 0 Å². The van der Waals surface area contributed by atoms with Crippen molar-refractivity contribution in [3.05, 3.63) is 35.4 Å². The van der Waals surface area contributed by atoms with Gasteiger partial charge in [0.1, 0.15) is 11.6 Å². The van der Waals surface area contributed by atoms with Crippen molar-refractivity contribution in [1.29, 1.82) is 0 Å². The zero-order valence-electron chi connectivity index (χ0n) is 9.04. The van der Waals surface area contributed by atoms with Gasteiger partial charge in [0.25, 0.3) is 0 Å². The zero-order valence-corrected chi connectivity index (χ0v) is 9.04. The second-order valence-corrected chi connectivity index (χ2v) is 3.28. The Labute approximate surface area is 92.9 Å². The lowest BCUT2D eigenvalue weighted by atomic mass is 10.1. The Morgan fingerprint density at radius 3 is 2.81 bits per heavy atom. The van der Waals surface area contributed by atoms with Crippen molar-refractivity contribution in [2.45, 2.75) is 6.42 Å². The van der Waals surface area contributed by atoms with Crippen molar-refractivity contribution >= 4 is 5.84 Å². The highest BCUT2D eigenvalue weighted by Gasteiger charge is 2.05. The number of ether oxygens (including phenoxy) is 1. The minimum absolute atomic E-state index is 0.176. The molecule has 0 saturated heterocycles. The molecule has 0 saturated carbocycles. The van der Waals surface area contributed by atoms with Gasteiger partial charge in [0, 0.05) is 19.6 Å². The van der Waals surface area contributed by atoms with E-state index in [1.54, 1.807) is 7.11 Å². The smallest absolute Gasteiger partial charge is 0.129 e. The Kier molecular flexibility index (Phi) is 4.85. The van der Waals surface area contributed by atoms with Crippen LogP contribution in [0.15, 0.2) is 23.2 Å². The number of nitrogens with zero attached hydrogens (tertiary/aromatic N) is 1. The van der Waals surface area contributed by atoms with Crippen LogP contribution in [0.25, 0.3) is 0 Å². The molecule has 1 rings (SSSR count). The number of rotatable bonds is 5. The van der Waals surface area contributed by atoms with Crippen LogP contribution < -0.4 is 5.73 Å². The SMILES string of the molecule is COCCN=C(N)Cc1ccc(F)cc1F. The van der Waals surface area contributed by atoms with Crippen LogP contribution in [0.2, 0.25) is 0 Å². The van der Waals surface area contributed by atoms with E-state index in [9.17, 15) is 8.78 Å². The van der Waals surface area contributed by atoms with Crippen molar-refractivity contribution < 1.29 is 13.5 Å². The first-order valence-electron chi connectivity index (χ1n) is 4.85. The van der Waals surface area contributed by atoms with Gasteiger partial charge in [-0.15, -0.1) is 0 Å². The maximum Gasteiger partial charge on any atom is 0.129 e. The Hall–Kier alpha value is -1.49. The van der Waals surface area contributed by atoms with Gasteiger partial charge < -0.3 is 10.5 Å². The summed E-state index contributed by atoms with van der Waals surface area (Å²) in [7, 11) is 1.56. The van der Waals surface area contributed by atoms with E-state index in [2.05, 4.69) is 4.99 Å². The van der Waals surface area contributed by atoms with Crippen molar-refractivity contribution in [1.82, 2.24) is 0 Å². The van der Waals surface area contributed by atoms with Crippen LogP contribution in [0.3, 0.4) is 0 Å². The number of benzene rings is 1. The summed E-state index contributed by atoms with van der Waals surface area (Å²) in [6.45, 7) is 0.901. The molecule has 0 spiro atoms. The standard InChI is InChI=1S/C11H14F2N2O/c1-16-5-4-15-11(14)6-8-2-3-9(12)7-10(8)13/h2-3,7H,4-6H2,1H3,(H2,14,15). The summed E-state index contributed by atoms with van der Waals surface area (Å²) >= 11 is 0. The van der Waals surface area contributed by atoms with Gasteiger partial charge in [0.05, 0.1) is 19.0 Å². The second-order valence-electron chi connectivity index (χ2n) is 3.28. The largest absolute Gasteiger partial charge is 0.387 e. The van der Waals surface area contributed by atoms with E-state index in [1.165, 1.54) is 12.1 Å². The van der Waals surface area contributed by atoms with Crippen LogP contribution in [0.4, 0.5) is 8.78 Å². The first kappa shape index (κ1) is 12.6. The summed E-state index contributed by atoms with van der Waals surface area (Å²) in [6.07, 6.45) is 0.176. The third-order valence-electron chi connectivity index (χ3n) is 2.00. The summed E-state index contributed by atoms with van der Waals surface area (Å²) in [6, 6.07) is 3.39. The lowest BCUT2D eigenvalue weighted by molar-refractivity contribution is 0.208. The fraction of sp³-hybridized carbons (Fsp3) is 0.364. The molecule has 0 unspecified atom stereocenters. The van der Waals surface area contributed by atoms with E-state index in [1.807, 2.05) is 0 Å². The van der Waals surface area contributed by atoms with E-state index in [-0.39, 0.29) is 6.42 Å². The highest BCUT2D eigenvalue weighted by atomic mass is 19.1. The number of aliphatic imine (C=N–C) groups is 1. The number of hydrogen-bond acceptors (Lipinski definition) is 2. The fourth-order valence-corrected chi connectivity index (χ4v) is 1.20. The van der Waals surface area contributed by atoms with Gasteiger partial charge in [-0.2, -0.15) is 0 Å². The molecule has 3 nitrogen and oxygen atoms in total. The molecule has 0 amide bonds. The molecule has 1 aromatic rings. The molecule has 0 atom stereocenters. The number of nitrogens with two attached hydrogens (primary N) is 1. The van der Waals surface area contributed by atoms with Crippen molar-refractivity contribution in [3.63, 3.8) is 0 Å². The molecule has 0 aliphatic carbocycles. The third-order valence-corrected chi connectivity index (χ3v) is 2.00. The maximum atomic E-state index is 13.2.